The van der Waals surface area contributed by atoms with Gasteiger partial charge in [-0.05, 0) is 7.05 Å². The fourth-order valence-electron chi connectivity index (χ4n) is 0.295. The molecular weight excluding hydrogens is 102 g/mol. The lowest BCUT2D eigenvalue weighted by molar-refractivity contribution is 0.305. The zero-order valence-corrected chi connectivity index (χ0v) is 5.07. The fourth-order valence-corrected chi connectivity index (χ4v) is 0.295. The van der Waals surface area contributed by atoms with Crippen molar-refractivity contribution in [2.45, 2.75) is 6.42 Å². The summed E-state index contributed by atoms with van der Waals surface area (Å²) in [5, 5.41) is 11.1. The van der Waals surface area contributed by atoms with E-state index in [2.05, 4.69) is 17.2 Å². The Balaban J connectivity index is 2.95. The Kier molecular flexibility index (Phi) is 6.06. The van der Waals surface area contributed by atoms with Crippen LogP contribution < -0.4 is 5.32 Å². The SMILES string of the molecule is CNCC#CCCO. The largest absolute Gasteiger partial charge is 0.395 e. The molecule has 0 heterocycles. The van der Waals surface area contributed by atoms with Crippen LogP contribution in [0.5, 0.6) is 0 Å². The number of hydrogen-bond donors (Lipinski definition) is 2. The van der Waals surface area contributed by atoms with Gasteiger partial charge in [0.2, 0.25) is 0 Å². The Morgan fingerprint density at radius 1 is 1.50 bits per heavy atom. The van der Waals surface area contributed by atoms with E-state index >= 15 is 0 Å². The molecule has 0 aliphatic carbocycles. The van der Waals surface area contributed by atoms with E-state index in [-0.39, 0.29) is 6.61 Å². The van der Waals surface area contributed by atoms with Gasteiger partial charge in [0.25, 0.3) is 0 Å². The predicted octanol–water partition coefficient (Wildman–Crippen LogP) is -0.408. The van der Waals surface area contributed by atoms with E-state index in [4.69, 9.17) is 5.11 Å². The average Bonchev–Trinajstić information content (AvgIpc) is 1.81. The standard InChI is InChI=1S/C6H11NO/c1-7-5-3-2-4-6-8/h7-8H,4-6H2,1H3. The van der Waals surface area contributed by atoms with E-state index in [1.54, 1.807) is 0 Å². The number of hydrogen-bond acceptors (Lipinski definition) is 2. The maximum atomic E-state index is 8.24. The van der Waals surface area contributed by atoms with Crippen LogP contribution in [-0.4, -0.2) is 25.3 Å². The van der Waals surface area contributed by atoms with Crippen molar-refractivity contribution in [1.29, 1.82) is 0 Å². The van der Waals surface area contributed by atoms with E-state index in [0.29, 0.717) is 13.0 Å². The molecule has 2 nitrogen and oxygen atoms in total. The Bertz CT molecular complexity index is 80.4. The highest BCUT2D eigenvalue weighted by atomic mass is 16.2. The topological polar surface area (TPSA) is 32.3 Å². The zero-order valence-electron chi connectivity index (χ0n) is 5.07. The highest BCUT2D eigenvalue weighted by molar-refractivity contribution is 4.99. The summed E-state index contributed by atoms with van der Waals surface area (Å²) < 4.78 is 0. The van der Waals surface area contributed by atoms with Gasteiger partial charge in [-0.25, -0.2) is 0 Å². The van der Waals surface area contributed by atoms with Gasteiger partial charge in [-0.15, -0.1) is 0 Å². The van der Waals surface area contributed by atoms with E-state index in [9.17, 15) is 0 Å². The van der Waals surface area contributed by atoms with Crippen LogP contribution in [-0.2, 0) is 0 Å². The van der Waals surface area contributed by atoms with Gasteiger partial charge in [0.15, 0.2) is 0 Å². The van der Waals surface area contributed by atoms with Crippen molar-refractivity contribution in [3.8, 4) is 11.8 Å². The number of aliphatic hydroxyl groups excluding tert-OH is 1. The van der Waals surface area contributed by atoms with E-state index in [1.165, 1.54) is 0 Å². The van der Waals surface area contributed by atoms with E-state index in [1.807, 2.05) is 7.05 Å². The summed E-state index contributed by atoms with van der Waals surface area (Å²) in [4.78, 5) is 0. The van der Waals surface area contributed by atoms with Crippen molar-refractivity contribution in [2.24, 2.45) is 0 Å². The van der Waals surface area contributed by atoms with Gasteiger partial charge < -0.3 is 10.4 Å². The van der Waals surface area contributed by atoms with Gasteiger partial charge in [0.05, 0.1) is 13.2 Å². The summed E-state index contributed by atoms with van der Waals surface area (Å²) in [6.07, 6.45) is 0.585. The van der Waals surface area contributed by atoms with Crippen LogP contribution in [0.4, 0.5) is 0 Å². The van der Waals surface area contributed by atoms with Crippen LogP contribution in [0.15, 0.2) is 0 Å². The van der Waals surface area contributed by atoms with Crippen molar-refractivity contribution in [1.82, 2.24) is 5.32 Å². The summed E-state index contributed by atoms with van der Waals surface area (Å²) in [6.45, 7) is 0.872. The molecule has 8 heavy (non-hydrogen) atoms. The van der Waals surface area contributed by atoms with Crippen LogP contribution >= 0.6 is 0 Å². The van der Waals surface area contributed by atoms with Crippen LogP contribution in [0.3, 0.4) is 0 Å². The van der Waals surface area contributed by atoms with Crippen molar-refractivity contribution < 1.29 is 5.11 Å². The first-order valence-electron chi connectivity index (χ1n) is 2.63. The molecule has 0 aromatic heterocycles. The Morgan fingerprint density at radius 2 is 2.25 bits per heavy atom. The summed E-state index contributed by atoms with van der Waals surface area (Å²) in [7, 11) is 1.84. The molecule has 2 N–H and O–H groups in total. The normalized spacial score (nSPS) is 7.75. The van der Waals surface area contributed by atoms with Gasteiger partial charge in [0, 0.05) is 6.42 Å². The van der Waals surface area contributed by atoms with Gasteiger partial charge in [-0.3, -0.25) is 0 Å². The van der Waals surface area contributed by atoms with Gasteiger partial charge in [-0.2, -0.15) is 0 Å². The minimum absolute atomic E-state index is 0.163. The molecule has 0 saturated carbocycles. The third-order valence-electron chi connectivity index (χ3n) is 0.627. The van der Waals surface area contributed by atoms with Crippen LogP contribution in [0.1, 0.15) is 6.42 Å². The lowest BCUT2D eigenvalue weighted by Crippen LogP contribution is -2.04. The second kappa shape index (κ2) is 6.48. The maximum absolute atomic E-state index is 8.24. The van der Waals surface area contributed by atoms with Crippen molar-refractivity contribution in [3.05, 3.63) is 0 Å². The molecule has 0 rings (SSSR count). The summed E-state index contributed by atoms with van der Waals surface area (Å²) in [5.74, 6) is 5.59. The Hall–Kier alpha value is -0.520. The predicted molar refractivity (Wildman–Crippen MR) is 33.4 cm³/mol. The van der Waals surface area contributed by atoms with Crippen molar-refractivity contribution in [2.75, 3.05) is 20.2 Å². The molecule has 0 aliphatic rings. The van der Waals surface area contributed by atoms with Gasteiger partial charge >= 0.3 is 0 Å². The molecule has 0 radical (unpaired) electrons. The number of aliphatic hydroxyl groups is 1. The zero-order chi connectivity index (χ0) is 6.24. The molecule has 0 fully saturated rings. The highest BCUT2D eigenvalue weighted by Gasteiger charge is 1.69. The first-order valence-corrected chi connectivity index (χ1v) is 2.63. The second-order valence-corrected chi connectivity index (χ2v) is 1.36. The summed E-state index contributed by atoms with van der Waals surface area (Å²) in [6, 6.07) is 0. The second-order valence-electron chi connectivity index (χ2n) is 1.36. The molecule has 0 unspecified atom stereocenters. The first-order chi connectivity index (χ1) is 3.91. The molecule has 0 atom stereocenters. The van der Waals surface area contributed by atoms with Gasteiger partial charge in [-0.1, -0.05) is 11.8 Å². The average molecular weight is 113 g/mol. The molecule has 2 heteroatoms. The number of nitrogens with one attached hydrogen (secondary N) is 1. The maximum Gasteiger partial charge on any atom is 0.0574 e. The van der Waals surface area contributed by atoms with Crippen molar-refractivity contribution >= 4 is 0 Å². The summed E-state index contributed by atoms with van der Waals surface area (Å²) in [5.41, 5.74) is 0. The Morgan fingerprint density at radius 3 is 2.75 bits per heavy atom. The summed E-state index contributed by atoms with van der Waals surface area (Å²) >= 11 is 0. The number of rotatable bonds is 2. The quantitative estimate of drug-likeness (QED) is 0.477. The smallest absolute Gasteiger partial charge is 0.0574 e. The molecule has 0 amide bonds. The molecule has 0 bridgehead atoms. The fraction of sp³-hybridized carbons (Fsp3) is 0.667. The third kappa shape index (κ3) is 5.48. The van der Waals surface area contributed by atoms with Crippen LogP contribution in [0.2, 0.25) is 0 Å². The molecule has 0 aromatic carbocycles. The molecule has 0 saturated heterocycles. The molecule has 0 aliphatic heterocycles. The molecule has 0 aromatic rings. The lowest BCUT2D eigenvalue weighted by atomic mass is 10.4. The van der Waals surface area contributed by atoms with Crippen LogP contribution in [0.25, 0.3) is 0 Å². The highest BCUT2D eigenvalue weighted by Crippen LogP contribution is 1.66. The van der Waals surface area contributed by atoms with E-state index in [0.717, 1.165) is 0 Å². The third-order valence-corrected chi connectivity index (χ3v) is 0.627. The molecular formula is C6H11NO. The van der Waals surface area contributed by atoms with E-state index < -0.39 is 0 Å². The minimum Gasteiger partial charge on any atom is -0.395 e. The van der Waals surface area contributed by atoms with Crippen molar-refractivity contribution in [3.63, 3.8) is 0 Å². The Labute approximate surface area is 49.9 Å². The van der Waals surface area contributed by atoms with Gasteiger partial charge in [0.1, 0.15) is 0 Å². The molecule has 0 spiro atoms. The van der Waals surface area contributed by atoms with Crippen LogP contribution in [0, 0.1) is 11.8 Å². The first kappa shape index (κ1) is 7.48. The lowest BCUT2D eigenvalue weighted by Gasteiger charge is -1.81. The molecule has 46 valence electrons. The minimum atomic E-state index is 0.163. The monoisotopic (exact) mass is 113 g/mol.